The number of fused-ring (bicyclic) bond motifs is 2. The van der Waals surface area contributed by atoms with Crippen LogP contribution in [0.4, 0.5) is 17.2 Å². The van der Waals surface area contributed by atoms with Gasteiger partial charge in [0, 0.05) is 46.3 Å². The van der Waals surface area contributed by atoms with Gasteiger partial charge in [0.25, 0.3) is 0 Å². The van der Waals surface area contributed by atoms with E-state index in [0.717, 1.165) is 28.2 Å². The first kappa shape index (κ1) is 19.4. The summed E-state index contributed by atoms with van der Waals surface area (Å²) in [6, 6.07) is 20.4. The maximum Gasteiger partial charge on any atom is 0.227 e. The highest BCUT2D eigenvalue weighted by atomic mass is 32.2. The minimum absolute atomic E-state index is 0.0657. The monoisotopic (exact) mass is 427 g/mol. The zero-order valence-corrected chi connectivity index (χ0v) is 17.8. The van der Waals surface area contributed by atoms with Crippen molar-refractivity contribution in [2.24, 2.45) is 0 Å². The van der Waals surface area contributed by atoms with Crippen LogP contribution in [0.2, 0.25) is 0 Å². The smallest absolute Gasteiger partial charge is 0.227 e. The first-order valence-electron chi connectivity index (χ1n) is 10.1. The second-order valence-corrected chi connectivity index (χ2v) is 8.38. The van der Waals surface area contributed by atoms with Crippen molar-refractivity contribution in [2.75, 3.05) is 16.8 Å². The topological polar surface area (TPSA) is 73.9 Å². The SMILES string of the molecule is Cc1c(NC(=O)CCN2c3ccccc3Sc3ccccc32)n[nH]c1-c1ccncc1. The van der Waals surface area contributed by atoms with E-state index in [1.807, 2.05) is 43.3 Å². The summed E-state index contributed by atoms with van der Waals surface area (Å²) < 4.78 is 0. The Kier molecular flexibility index (Phi) is 5.18. The van der Waals surface area contributed by atoms with Gasteiger partial charge in [0.15, 0.2) is 5.82 Å². The third-order valence-corrected chi connectivity index (χ3v) is 6.46. The van der Waals surface area contributed by atoms with Crippen LogP contribution in [0, 0.1) is 6.92 Å². The lowest BCUT2D eigenvalue weighted by atomic mass is 10.1. The van der Waals surface area contributed by atoms with Crippen molar-refractivity contribution in [3.8, 4) is 11.3 Å². The molecule has 0 saturated carbocycles. The van der Waals surface area contributed by atoms with Crippen molar-refractivity contribution in [3.63, 3.8) is 0 Å². The Morgan fingerprint density at radius 1 is 1.00 bits per heavy atom. The maximum atomic E-state index is 12.8. The number of anilines is 3. The highest BCUT2D eigenvalue weighted by Crippen LogP contribution is 2.47. The number of carbonyl (C=O) groups is 1. The lowest BCUT2D eigenvalue weighted by Gasteiger charge is -2.32. The summed E-state index contributed by atoms with van der Waals surface area (Å²) in [6.07, 6.45) is 3.82. The summed E-state index contributed by atoms with van der Waals surface area (Å²) in [5, 5.41) is 10.3. The van der Waals surface area contributed by atoms with E-state index >= 15 is 0 Å². The van der Waals surface area contributed by atoms with Crippen molar-refractivity contribution in [3.05, 3.63) is 78.6 Å². The van der Waals surface area contributed by atoms with E-state index in [1.54, 1.807) is 24.2 Å². The fourth-order valence-electron chi connectivity index (χ4n) is 3.75. The summed E-state index contributed by atoms with van der Waals surface area (Å²) in [5.74, 6) is 0.496. The Labute approximate surface area is 184 Å². The third kappa shape index (κ3) is 3.80. The molecular weight excluding hydrogens is 406 g/mol. The van der Waals surface area contributed by atoms with Crippen LogP contribution in [0.3, 0.4) is 0 Å². The van der Waals surface area contributed by atoms with Crippen molar-refractivity contribution >= 4 is 34.9 Å². The molecule has 1 amide bonds. The van der Waals surface area contributed by atoms with Crippen molar-refractivity contribution < 1.29 is 4.79 Å². The minimum atomic E-state index is -0.0657. The lowest BCUT2D eigenvalue weighted by Crippen LogP contribution is -2.26. The molecule has 2 N–H and O–H groups in total. The largest absolute Gasteiger partial charge is 0.339 e. The van der Waals surface area contributed by atoms with Crippen LogP contribution in [0.1, 0.15) is 12.0 Å². The van der Waals surface area contributed by atoms with Gasteiger partial charge >= 0.3 is 0 Å². The third-order valence-electron chi connectivity index (χ3n) is 5.33. The van der Waals surface area contributed by atoms with Gasteiger partial charge in [-0.05, 0) is 43.3 Å². The van der Waals surface area contributed by atoms with E-state index in [1.165, 1.54) is 9.79 Å². The van der Waals surface area contributed by atoms with Gasteiger partial charge in [-0.15, -0.1) is 0 Å². The fourth-order valence-corrected chi connectivity index (χ4v) is 4.84. The number of aromatic amines is 1. The van der Waals surface area contributed by atoms with Crippen LogP contribution < -0.4 is 10.2 Å². The van der Waals surface area contributed by atoms with E-state index in [0.29, 0.717) is 18.8 Å². The number of amides is 1. The maximum absolute atomic E-state index is 12.8. The van der Waals surface area contributed by atoms with E-state index in [4.69, 9.17) is 0 Å². The number of carbonyl (C=O) groups excluding carboxylic acids is 1. The molecule has 4 aromatic rings. The molecule has 0 atom stereocenters. The quantitative estimate of drug-likeness (QED) is 0.445. The molecule has 7 heteroatoms. The number of hydrogen-bond acceptors (Lipinski definition) is 5. The number of pyridine rings is 1. The highest BCUT2D eigenvalue weighted by molar-refractivity contribution is 7.99. The van der Waals surface area contributed by atoms with Gasteiger partial charge in [0.1, 0.15) is 0 Å². The molecule has 0 spiro atoms. The Morgan fingerprint density at radius 2 is 1.65 bits per heavy atom. The average molecular weight is 428 g/mol. The number of benzene rings is 2. The number of nitrogens with one attached hydrogen (secondary N) is 2. The molecule has 0 unspecified atom stereocenters. The Bertz CT molecular complexity index is 1190. The van der Waals surface area contributed by atoms with E-state index in [2.05, 4.69) is 49.7 Å². The molecule has 1 aliphatic rings. The van der Waals surface area contributed by atoms with Crippen molar-refractivity contribution in [1.29, 1.82) is 0 Å². The van der Waals surface area contributed by atoms with E-state index in [-0.39, 0.29) is 5.91 Å². The summed E-state index contributed by atoms with van der Waals surface area (Å²) >= 11 is 1.76. The van der Waals surface area contributed by atoms with Crippen LogP contribution in [-0.4, -0.2) is 27.6 Å². The predicted molar refractivity (Wildman–Crippen MR) is 124 cm³/mol. The number of aromatic nitrogens is 3. The van der Waals surface area contributed by atoms with Crippen LogP contribution in [0.15, 0.2) is 82.8 Å². The second-order valence-electron chi connectivity index (χ2n) is 7.30. The van der Waals surface area contributed by atoms with Crippen LogP contribution in [0.5, 0.6) is 0 Å². The molecule has 154 valence electrons. The van der Waals surface area contributed by atoms with E-state index < -0.39 is 0 Å². The second kappa shape index (κ2) is 8.28. The summed E-state index contributed by atoms with van der Waals surface area (Å²) in [6.45, 7) is 2.53. The molecule has 0 saturated heterocycles. The predicted octanol–water partition coefficient (Wildman–Crippen LogP) is 5.41. The molecule has 5 rings (SSSR count). The fraction of sp³-hybridized carbons (Fsp3) is 0.125. The van der Waals surface area contributed by atoms with Gasteiger partial charge in [-0.1, -0.05) is 36.0 Å². The normalized spacial score (nSPS) is 12.2. The first-order valence-corrected chi connectivity index (χ1v) is 10.9. The standard InChI is InChI=1S/C24H21N5OS/c1-16-23(17-10-13-25-14-11-17)27-28-24(16)26-22(30)12-15-29-18-6-2-4-8-20(18)31-21-9-5-3-7-19(21)29/h2-11,13-14H,12,15H2,1H3,(H2,26,27,28,30). The molecule has 0 bridgehead atoms. The van der Waals surface area contributed by atoms with Crippen molar-refractivity contribution in [1.82, 2.24) is 15.2 Å². The highest BCUT2D eigenvalue weighted by Gasteiger charge is 2.23. The molecule has 3 heterocycles. The van der Waals surface area contributed by atoms with Crippen molar-refractivity contribution in [2.45, 2.75) is 23.1 Å². The van der Waals surface area contributed by atoms with E-state index in [9.17, 15) is 4.79 Å². The molecule has 0 radical (unpaired) electrons. The molecule has 6 nitrogen and oxygen atoms in total. The Balaban J connectivity index is 1.32. The zero-order valence-electron chi connectivity index (χ0n) is 17.0. The number of para-hydroxylation sites is 2. The minimum Gasteiger partial charge on any atom is -0.339 e. The van der Waals surface area contributed by atoms with Crippen LogP contribution >= 0.6 is 11.8 Å². The van der Waals surface area contributed by atoms with Gasteiger partial charge in [-0.3, -0.25) is 14.9 Å². The Morgan fingerprint density at radius 3 is 2.32 bits per heavy atom. The molecule has 0 fully saturated rings. The van der Waals surface area contributed by atoms with Crippen LogP contribution in [0.25, 0.3) is 11.3 Å². The summed E-state index contributed by atoms with van der Waals surface area (Å²) in [4.78, 5) is 21.4. The number of nitrogens with zero attached hydrogens (tertiary/aromatic N) is 3. The lowest BCUT2D eigenvalue weighted by molar-refractivity contribution is -0.116. The summed E-state index contributed by atoms with van der Waals surface area (Å²) in [7, 11) is 0. The van der Waals surface area contributed by atoms with Gasteiger partial charge in [0.05, 0.1) is 17.1 Å². The first-order chi connectivity index (χ1) is 15.2. The Hall–Kier alpha value is -3.58. The molecule has 2 aromatic carbocycles. The molecular formula is C24H21N5OS. The van der Waals surface area contributed by atoms with Crippen LogP contribution in [-0.2, 0) is 4.79 Å². The van der Waals surface area contributed by atoms with Gasteiger partial charge in [-0.2, -0.15) is 5.10 Å². The molecule has 31 heavy (non-hydrogen) atoms. The molecule has 0 aliphatic carbocycles. The number of hydrogen-bond donors (Lipinski definition) is 2. The van der Waals surface area contributed by atoms with Gasteiger partial charge < -0.3 is 10.2 Å². The van der Waals surface area contributed by atoms with Gasteiger partial charge in [0.2, 0.25) is 5.91 Å². The van der Waals surface area contributed by atoms with Gasteiger partial charge in [-0.25, -0.2) is 0 Å². The number of H-pyrrole nitrogens is 1. The number of rotatable bonds is 5. The zero-order chi connectivity index (χ0) is 21.2. The average Bonchev–Trinajstić information content (AvgIpc) is 3.17. The molecule has 2 aromatic heterocycles. The summed E-state index contributed by atoms with van der Waals surface area (Å²) in [5.41, 5.74) is 5.04. The molecule has 1 aliphatic heterocycles.